The number of nitrogens with zero attached hydrogens (tertiary/aromatic N) is 2. The molecule has 1 unspecified atom stereocenters. The topological polar surface area (TPSA) is 87.3 Å². The van der Waals surface area contributed by atoms with Crippen LogP contribution in [0.5, 0.6) is 5.75 Å². The van der Waals surface area contributed by atoms with Crippen molar-refractivity contribution in [3.05, 3.63) is 40.8 Å². The third kappa shape index (κ3) is 5.75. The number of hydrogen-bond acceptors (Lipinski definition) is 5. The molecule has 0 radical (unpaired) electrons. The van der Waals surface area contributed by atoms with Gasteiger partial charge in [0.05, 0.1) is 10.7 Å². The van der Waals surface area contributed by atoms with E-state index in [1.54, 1.807) is 31.3 Å². The van der Waals surface area contributed by atoms with Crippen molar-refractivity contribution in [1.29, 1.82) is 0 Å². The lowest BCUT2D eigenvalue weighted by molar-refractivity contribution is -0.0185. The highest BCUT2D eigenvalue weighted by atomic mass is 35.5. The van der Waals surface area contributed by atoms with Gasteiger partial charge < -0.3 is 15.2 Å². The summed E-state index contributed by atoms with van der Waals surface area (Å²) in [7, 11) is 0. The molecule has 0 aliphatic heterocycles. The number of benzene rings is 1. The molecule has 2 rings (SSSR count). The van der Waals surface area contributed by atoms with Crippen LogP contribution in [-0.2, 0) is 4.74 Å². The number of halogens is 2. The Bertz CT molecular complexity index is 786. The zero-order chi connectivity index (χ0) is 19.3. The summed E-state index contributed by atoms with van der Waals surface area (Å²) in [4.78, 5) is 19.2. The highest BCUT2D eigenvalue weighted by Gasteiger charge is 2.30. The molecule has 1 aromatic carbocycles. The lowest BCUT2D eigenvalue weighted by Crippen LogP contribution is -2.41. The molecule has 1 aromatic heterocycles. The van der Waals surface area contributed by atoms with Crippen molar-refractivity contribution in [3.63, 3.8) is 0 Å². The minimum Gasteiger partial charge on any atom is -0.488 e. The van der Waals surface area contributed by atoms with Gasteiger partial charge in [-0.05, 0) is 55.1 Å². The molecular formula is C18H21Cl2N3O3. The molecule has 0 aliphatic carbocycles. The van der Waals surface area contributed by atoms with Crippen molar-refractivity contribution in [3.8, 4) is 17.0 Å². The van der Waals surface area contributed by atoms with Crippen LogP contribution in [0.3, 0.4) is 0 Å². The Morgan fingerprint density at radius 3 is 2.62 bits per heavy atom. The van der Waals surface area contributed by atoms with Gasteiger partial charge in [0.25, 0.3) is 0 Å². The van der Waals surface area contributed by atoms with Gasteiger partial charge in [-0.25, -0.2) is 14.8 Å². The van der Waals surface area contributed by atoms with E-state index in [-0.39, 0.29) is 11.9 Å². The van der Waals surface area contributed by atoms with Crippen LogP contribution in [0.4, 0.5) is 4.79 Å². The lowest BCUT2D eigenvalue weighted by Gasteiger charge is -2.30. The Labute approximate surface area is 162 Å². The second-order valence-corrected chi connectivity index (χ2v) is 7.36. The molecule has 2 aromatic rings. The molecular weight excluding hydrogens is 377 g/mol. The van der Waals surface area contributed by atoms with Gasteiger partial charge >= 0.3 is 6.09 Å². The Morgan fingerprint density at radius 1 is 1.31 bits per heavy atom. The summed E-state index contributed by atoms with van der Waals surface area (Å²) in [6.07, 6.45) is 1.34. The van der Waals surface area contributed by atoms with E-state index in [9.17, 15) is 4.79 Å². The SMILES string of the molecule is CC(C)CC(C)(COc1ccc(-c2ccnc(Cl)n2)cc1Cl)OC(N)=O. The van der Waals surface area contributed by atoms with Crippen molar-refractivity contribution in [1.82, 2.24) is 9.97 Å². The summed E-state index contributed by atoms with van der Waals surface area (Å²) in [5, 5.41) is 0.565. The predicted octanol–water partition coefficient (Wildman–Crippen LogP) is 4.73. The van der Waals surface area contributed by atoms with Gasteiger partial charge in [0.15, 0.2) is 0 Å². The van der Waals surface area contributed by atoms with Crippen molar-refractivity contribution in [2.45, 2.75) is 32.8 Å². The lowest BCUT2D eigenvalue weighted by atomic mass is 9.95. The second kappa shape index (κ2) is 8.56. The van der Waals surface area contributed by atoms with Crippen LogP contribution in [0.2, 0.25) is 10.3 Å². The van der Waals surface area contributed by atoms with Crippen LogP contribution in [0, 0.1) is 5.92 Å². The molecule has 0 aliphatic rings. The van der Waals surface area contributed by atoms with Crippen LogP contribution in [-0.4, -0.2) is 28.3 Å². The van der Waals surface area contributed by atoms with Gasteiger partial charge in [-0.15, -0.1) is 0 Å². The molecule has 1 atom stereocenters. The quantitative estimate of drug-likeness (QED) is 0.682. The number of primary amides is 1. The van der Waals surface area contributed by atoms with E-state index in [2.05, 4.69) is 9.97 Å². The molecule has 0 saturated carbocycles. The molecule has 1 amide bonds. The van der Waals surface area contributed by atoms with Crippen molar-refractivity contribution >= 4 is 29.3 Å². The smallest absolute Gasteiger partial charge is 0.405 e. The maximum Gasteiger partial charge on any atom is 0.405 e. The van der Waals surface area contributed by atoms with Crippen LogP contribution in [0.15, 0.2) is 30.5 Å². The van der Waals surface area contributed by atoms with Crippen LogP contribution >= 0.6 is 23.2 Å². The highest BCUT2D eigenvalue weighted by molar-refractivity contribution is 6.32. The zero-order valence-corrected chi connectivity index (χ0v) is 16.3. The summed E-state index contributed by atoms with van der Waals surface area (Å²) in [6, 6.07) is 7.01. The van der Waals surface area contributed by atoms with E-state index in [4.69, 9.17) is 38.4 Å². The monoisotopic (exact) mass is 397 g/mol. The first kappa shape index (κ1) is 20.3. The standard InChI is InChI=1S/C18H21Cl2N3O3/c1-11(2)9-18(3,26-17(21)24)10-25-15-5-4-12(8-13(15)19)14-6-7-22-16(20)23-14/h4-8,11H,9-10H2,1-3H3,(H2,21,24). The van der Waals surface area contributed by atoms with Crippen molar-refractivity contribution in [2.75, 3.05) is 6.61 Å². The normalized spacial score (nSPS) is 13.3. The maximum absolute atomic E-state index is 11.2. The summed E-state index contributed by atoms with van der Waals surface area (Å²) in [6.45, 7) is 5.96. The number of nitrogens with two attached hydrogens (primary N) is 1. The summed E-state index contributed by atoms with van der Waals surface area (Å²) >= 11 is 12.1. The number of rotatable bonds is 7. The van der Waals surface area contributed by atoms with Crippen molar-refractivity contribution < 1.29 is 14.3 Å². The molecule has 26 heavy (non-hydrogen) atoms. The molecule has 0 spiro atoms. The Morgan fingerprint density at radius 2 is 2.04 bits per heavy atom. The molecule has 1 heterocycles. The predicted molar refractivity (Wildman–Crippen MR) is 102 cm³/mol. The molecule has 8 heteroatoms. The van der Waals surface area contributed by atoms with E-state index >= 15 is 0 Å². The van der Waals surface area contributed by atoms with Crippen LogP contribution in [0.25, 0.3) is 11.3 Å². The fraction of sp³-hybridized carbons (Fsp3) is 0.389. The average molecular weight is 398 g/mol. The highest BCUT2D eigenvalue weighted by Crippen LogP contribution is 2.31. The fourth-order valence-electron chi connectivity index (χ4n) is 2.74. The van der Waals surface area contributed by atoms with Gasteiger partial charge in [0.2, 0.25) is 5.28 Å². The van der Waals surface area contributed by atoms with E-state index in [0.29, 0.717) is 28.8 Å². The van der Waals surface area contributed by atoms with Gasteiger partial charge in [0, 0.05) is 11.8 Å². The largest absolute Gasteiger partial charge is 0.488 e. The maximum atomic E-state index is 11.2. The average Bonchev–Trinajstić information content (AvgIpc) is 2.52. The molecule has 140 valence electrons. The fourth-order valence-corrected chi connectivity index (χ4v) is 3.12. The third-order valence-electron chi connectivity index (χ3n) is 3.57. The molecule has 0 fully saturated rings. The van der Waals surface area contributed by atoms with Crippen molar-refractivity contribution in [2.24, 2.45) is 11.7 Å². The van der Waals surface area contributed by atoms with E-state index in [1.807, 2.05) is 19.9 Å². The number of carbonyl (C=O) groups excluding carboxylic acids is 1. The number of aromatic nitrogens is 2. The number of carbonyl (C=O) groups is 1. The van der Waals surface area contributed by atoms with E-state index in [0.717, 1.165) is 5.56 Å². The van der Waals surface area contributed by atoms with Gasteiger partial charge in [-0.3, -0.25) is 0 Å². The first-order valence-corrected chi connectivity index (χ1v) is 8.84. The van der Waals surface area contributed by atoms with Gasteiger partial charge in [-0.2, -0.15) is 0 Å². The third-order valence-corrected chi connectivity index (χ3v) is 4.05. The zero-order valence-electron chi connectivity index (χ0n) is 14.8. The summed E-state index contributed by atoms with van der Waals surface area (Å²) in [5.41, 5.74) is 5.77. The molecule has 2 N–H and O–H groups in total. The Balaban J connectivity index is 2.15. The minimum absolute atomic E-state index is 0.131. The first-order chi connectivity index (χ1) is 12.2. The molecule has 0 saturated heterocycles. The van der Waals surface area contributed by atoms with E-state index in [1.165, 1.54) is 0 Å². The second-order valence-electron chi connectivity index (χ2n) is 6.61. The Kier molecular flexibility index (Phi) is 6.67. The number of amides is 1. The molecule has 6 nitrogen and oxygen atoms in total. The Hall–Kier alpha value is -2.05. The van der Waals surface area contributed by atoms with Gasteiger partial charge in [-0.1, -0.05) is 25.4 Å². The van der Waals surface area contributed by atoms with E-state index < -0.39 is 11.7 Å². The number of hydrogen-bond donors (Lipinski definition) is 1. The molecule has 0 bridgehead atoms. The summed E-state index contributed by atoms with van der Waals surface area (Å²) in [5.74, 6) is 0.766. The minimum atomic E-state index is -0.845. The summed E-state index contributed by atoms with van der Waals surface area (Å²) < 4.78 is 11.1. The van der Waals surface area contributed by atoms with Crippen LogP contribution in [0.1, 0.15) is 27.2 Å². The number of ether oxygens (including phenoxy) is 2. The first-order valence-electron chi connectivity index (χ1n) is 8.08. The van der Waals surface area contributed by atoms with Crippen LogP contribution < -0.4 is 10.5 Å². The van der Waals surface area contributed by atoms with Gasteiger partial charge in [0.1, 0.15) is 18.0 Å².